The molecule has 1 amide bonds. The molecular weight excluding hydrogens is 397 g/mol. The third-order valence-corrected chi connectivity index (χ3v) is 4.69. The highest BCUT2D eigenvalue weighted by Crippen LogP contribution is 2.26. The van der Waals surface area contributed by atoms with E-state index < -0.39 is 11.7 Å². The summed E-state index contributed by atoms with van der Waals surface area (Å²) in [4.78, 5) is 18.1. The summed E-state index contributed by atoms with van der Waals surface area (Å²) in [6.07, 6.45) is 1.64. The van der Waals surface area contributed by atoms with E-state index in [9.17, 15) is 9.18 Å². The van der Waals surface area contributed by atoms with Crippen molar-refractivity contribution in [3.05, 3.63) is 102 Å². The van der Waals surface area contributed by atoms with Gasteiger partial charge in [0.05, 0.1) is 18.4 Å². The molecule has 0 aliphatic rings. The first kappa shape index (κ1) is 20.3. The zero-order valence-electron chi connectivity index (χ0n) is 16.8. The van der Waals surface area contributed by atoms with Crippen LogP contribution in [0.3, 0.4) is 0 Å². The molecular formula is C24H20FN3O3. The molecule has 0 aliphatic carbocycles. The molecule has 7 heteroatoms. The highest BCUT2D eigenvalue weighted by atomic mass is 19.1. The number of methoxy groups -OCH3 is 1. The number of nitrogens with zero attached hydrogens (tertiary/aromatic N) is 2. The summed E-state index contributed by atoms with van der Waals surface area (Å²) in [5.41, 5.74) is 5.09. The molecule has 0 bridgehead atoms. The number of ether oxygens (including phenoxy) is 1. The lowest BCUT2D eigenvalue weighted by Crippen LogP contribution is -2.24. The van der Waals surface area contributed by atoms with Gasteiger partial charge in [-0.25, -0.2) is 14.6 Å². The van der Waals surface area contributed by atoms with Crippen molar-refractivity contribution in [2.75, 3.05) is 7.11 Å². The van der Waals surface area contributed by atoms with Gasteiger partial charge >= 0.3 is 0 Å². The monoisotopic (exact) mass is 417 g/mol. The average Bonchev–Trinajstić information content (AvgIpc) is 3.26. The minimum atomic E-state index is -0.482. The molecule has 1 aromatic heterocycles. The largest absolute Gasteiger partial charge is 0.497 e. The van der Waals surface area contributed by atoms with E-state index in [1.807, 2.05) is 42.5 Å². The molecule has 31 heavy (non-hydrogen) atoms. The number of amides is 1. The Hall–Kier alpha value is -3.97. The molecule has 0 atom stereocenters. The van der Waals surface area contributed by atoms with Gasteiger partial charge in [-0.3, -0.25) is 9.63 Å². The molecule has 0 unspecified atom stereocenters. The topological polar surface area (TPSA) is 65.4 Å². The number of carbonyl (C=O) groups is 1. The first-order valence-electron chi connectivity index (χ1n) is 9.61. The maximum absolute atomic E-state index is 13.8. The minimum Gasteiger partial charge on any atom is -0.497 e. The Morgan fingerprint density at radius 3 is 2.42 bits per heavy atom. The predicted molar refractivity (Wildman–Crippen MR) is 114 cm³/mol. The zero-order chi connectivity index (χ0) is 21.6. The van der Waals surface area contributed by atoms with E-state index >= 15 is 0 Å². The average molecular weight is 417 g/mol. The standard InChI is InChI=1S/C24H20FN3O3/c1-30-20-13-11-17(12-14-20)23-21(15-28(26-23)19-8-3-2-4-9-19)24(29)27-31-16-18-7-5-6-10-22(18)25/h2-15H,16H2,1H3,(H,27,29). The van der Waals surface area contributed by atoms with Gasteiger partial charge < -0.3 is 4.74 Å². The van der Waals surface area contributed by atoms with Crippen molar-refractivity contribution in [3.8, 4) is 22.7 Å². The maximum Gasteiger partial charge on any atom is 0.278 e. The van der Waals surface area contributed by atoms with Crippen LogP contribution in [0, 0.1) is 5.82 Å². The van der Waals surface area contributed by atoms with E-state index in [1.54, 1.807) is 48.3 Å². The number of hydroxylamine groups is 1. The van der Waals surface area contributed by atoms with Gasteiger partial charge in [0.15, 0.2) is 0 Å². The molecule has 156 valence electrons. The smallest absolute Gasteiger partial charge is 0.278 e. The van der Waals surface area contributed by atoms with E-state index in [0.717, 1.165) is 11.3 Å². The van der Waals surface area contributed by atoms with Crippen molar-refractivity contribution in [1.29, 1.82) is 0 Å². The van der Waals surface area contributed by atoms with Crippen LogP contribution < -0.4 is 10.2 Å². The molecule has 0 aliphatic heterocycles. The number of benzene rings is 3. The minimum absolute atomic E-state index is 0.0941. The number of halogens is 1. The van der Waals surface area contributed by atoms with Crippen LogP contribution >= 0.6 is 0 Å². The van der Waals surface area contributed by atoms with Crippen molar-refractivity contribution in [2.24, 2.45) is 0 Å². The van der Waals surface area contributed by atoms with Gasteiger partial charge in [-0.05, 0) is 42.5 Å². The molecule has 0 radical (unpaired) electrons. The quantitative estimate of drug-likeness (QED) is 0.448. The Morgan fingerprint density at radius 1 is 1.00 bits per heavy atom. The van der Waals surface area contributed by atoms with Crippen molar-refractivity contribution >= 4 is 5.91 Å². The molecule has 4 aromatic rings. The number of carbonyl (C=O) groups excluding carboxylic acids is 1. The lowest BCUT2D eigenvalue weighted by atomic mass is 10.1. The van der Waals surface area contributed by atoms with Gasteiger partial charge in [0.25, 0.3) is 5.91 Å². The van der Waals surface area contributed by atoms with Crippen molar-refractivity contribution in [2.45, 2.75) is 6.61 Å². The second-order valence-electron chi connectivity index (χ2n) is 6.71. The van der Waals surface area contributed by atoms with E-state index in [1.165, 1.54) is 6.07 Å². The normalized spacial score (nSPS) is 10.6. The number of hydrogen-bond donors (Lipinski definition) is 1. The molecule has 6 nitrogen and oxygen atoms in total. The number of nitrogens with one attached hydrogen (secondary N) is 1. The number of rotatable bonds is 7. The molecule has 0 fully saturated rings. The van der Waals surface area contributed by atoms with Gasteiger partial charge in [-0.1, -0.05) is 36.4 Å². The fraction of sp³-hybridized carbons (Fsp3) is 0.0833. The summed E-state index contributed by atoms with van der Waals surface area (Å²) >= 11 is 0. The Bertz CT molecular complexity index is 1170. The number of hydrogen-bond acceptors (Lipinski definition) is 4. The molecule has 0 saturated carbocycles. The lowest BCUT2D eigenvalue weighted by Gasteiger charge is -2.07. The number of aromatic nitrogens is 2. The van der Waals surface area contributed by atoms with Crippen LogP contribution in [-0.2, 0) is 11.4 Å². The third-order valence-electron chi connectivity index (χ3n) is 4.69. The zero-order valence-corrected chi connectivity index (χ0v) is 16.8. The van der Waals surface area contributed by atoms with Gasteiger partial charge in [-0.15, -0.1) is 0 Å². The van der Waals surface area contributed by atoms with E-state index in [4.69, 9.17) is 9.57 Å². The van der Waals surface area contributed by atoms with E-state index in [0.29, 0.717) is 22.6 Å². The van der Waals surface area contributed by atoms with Crippen LogP contribution in [0.25, 0.3) is 16.9 Å². The van der Waals surface area contributed by atoms with Gasteiger partial charge in [0, 0.05) is 17.3 Å². The second-order valence-corrected chi connectivity index (χ2v) is 6.71. The summed E-state index contributed by atoms with van der Waals surface area (Å²) in [5, 5.41) is 4.61. The second kappa shape index (κ2) is 9.23. The Morgan fingerprint density at radius 2 is 1.71 bits per heavy atom. The molecule has 4 rings (SSSR count). The van der Waals surface area contributed by atoms with E-state index in [-0.39, 0.29) is 6.61 Å². The van der Waals surface area contributed by atoms with Crippen LogP contribution in [-0.4, -0.2) is 22.8 Å². The maximum atomic E-state index is 13.8. The Labute approximate surface area is 178 Å². The first-order chi connectivity index (χ1) is 15.2. The van der Waals surface area contributed by atoms with E-state index in [2.05, 4.69) is 10.6 Å². The van der Waals surface area contributed by atoms with Gasteiger partial charge in [-0.2, -0.15) is 5.10 Å². The summed E-state index contributed by atoms with van der Waals surface area (Å²) in [6, 6.07) is 22.9. The van der Waals surface area contributed by atoms with Crippen LogP contribution in [0.2, 0.25) is 0 Å². The molecule has 1 N–H and O–H groups in total. The first-order valence-corrected chi connectivity index (χ1v) is 9.61. The fourth-order valence-electron chi connectivity index (χ4n) is 3.06. The Balaban J connectivity index is 1.60. The predicted octanol–water partition coefficient (Wildman–Crippen LogP) is 4.55. The Kier molecular flexibility index (Phi) is 6.05. The van der Waals surface area contributed by atoms with Crippen LogP contribution in [0.4, 0.5) is 4.39 Å². The summed E-state index contributed by atoms with van der Waals surface area (Å²) in [5.74, 6) is -0.178. The molecule has 3 aromatic carbocycles. The van der Waals surface area contributed by atoms with Crippen LogP contribution in [0.15, 0.2) is 85.1 Å². The summed E-state index contributed by atoms with van der Waals surface area (Å²) in [6.45, 7) is -0.0941. The molecule has 0 spiro atoms. The molecule has 1 heterocycles. The lowest BCUT2D eigenvalue weighted by molar-refractivity contribution is 0.0224. The third kappa shape index (κ3) is 4.62. The van der Waals surface area contributed by atoms with Crippen molar-refractivity contribution in [1.82, 2.24) is 15.3 Å². The van der Waals surface area contributed by atoms with Gasteiger partial charge in [0.1, 0.15) is 23.9 Å². The fourth-order valence-corrected chi connectivity index (χ4v) is 3.06. The SMILES string of the molecule is COc1ccc(-c2nn(-c3ccccc3)cc2C(=O)NOCc2ccccc2F)cc1. The number of para-hydroxylation sites is 1. The highest BCUT2D eigenvalue weighted by Gasteiger charge is 2.19. The van der Waals surface area contributed by atoms with Gasteiger partial charge in [0.2, 0.25) is 0 Å². The highest BCUT2D eigenvalue weighted by molar-refractivity contribution is 5.99. The molecule has 0 saturated heterocycles. The van der Waals surface area contributed by atoms with Crippen LogP contribution in [0.1, 0.15) is 15.9 Å². The van der Waals surface area contributed by atoms with Crippen molar-refractivity contribution in [3.63, 3.8) is 0 Å². The summed E-state index contributed by atoms with van der Waals surface area (Å²) < 4.78 is 20.6. The van der Waals surface area contributed by atoms with Crippen LogP contribution in [0.5, 0.6) is 5.75 Å². The summed E-state index contributed by atoms with van der Waals surface area (Å²) in [7, 11) is 1.59. The van der Waals surface area contributed by atoms with Crippen molar-refractivity contribution < 1.29 is 18.8 Å².